The number of hydrogen-bond acceptors (Lipinski definition) is 4. The SMILES string of the molecule is C=C(C)C(=O)C(C#N)C(=O)OCC. The third kappa shape index (κ3) is 3.08. The van der Waals surface area contributed by atoms with Crippen molar-refractivity contribution in [3.05, 3.63) is 12.2 Å². The van der Waals surface area contributed by atoms with Crippen LogP contribution in [0.15, 0.2) is 12.2 Å². The zero-order valence-electron chi connectivity index (χ0n) is 7.66. The van der Waals surface area contributed by atoms with Gasteiger partial charge in [0.2, 0.25) is 5.92 Å². The summed E-state index contributed by atoms with van der Waals surface area (Å²) in [5.41, 5.74) is 0.180. The lowest BCUT2D eigenvalue weighted by Crippen LogP contribution is -2.25. The largest absolute Gasteiger partial charge is 0.465 e. The van der Waals surface area contributed by atoms with Gasteiger partial charge in [0.15, 0.2) is 5.78 Å². The highest BCUT2D eigenvalue weighted by molar-refractivity contribution is 6.09. The number of nitrogens with zero attached hydrogens (tertiary/aromatic N) is 1. The summed E-state index contributed by atoms with van der Waals surface area (Å²) in [7, 11) is 0. The molecule has 0 radical (unpaired) electrons. The van der Waals surface area contributed by atoms with Crippen molar-refractivity contribution in [2.24, 2.45) is 5.92 Å². The van der Waals surface area contributed by atoms with Gasteiger partial charge in [0.1, 0.15) is 0 Å². The lowest BCUT2D eigenvalue weighted by atomic mass is 10.0. The zero-order valence-corrected chi connectivity index (χ0v) is 7.66. The van der Waals surface area contributed by atoms with E-state index in [1.54, 1.807) is 13.0 Å². The summed E-state index contributed by atoms with van der Waals surface area (Å²) in [6, 6.07) is 1.58. The standard InChI is InChI=1S/C9H11NO3/c1-4-13-9(12)7(5-10)8(11)6(2)3/h7H,2,4H2,1,3H3. The van der Waals surface area contributed by atoms with Crippen LogP contribution in [-0.2, 0) is 14.3 Å². The Hall–Kier alpha value is -1.63. The molecule has 1 unspecified atom stereocenters. The Balaban J connectivity index is 4.54. The van der Waals surface area contributed by atoms with Crippen molar-refractivity contribution < 1.29 is 14.3 Å². The molecule has 70 valence electrons. The summed E-state index contributed by atoms with van der Waals surface area (Å²) in [6.45, 7) is 6.57. The fourth-order valence-corrected chi connectivity index (χ4v) is 0.690. The first kappa shape index (κ1) is 11.4. The molecule has 0 spiro atoms. The summed E-state index contributed by atoms with van der Waals surface area (Å²) in [6.07, 6.45) is 0. The molecule has 0 aromatic carbocycles. The molecule has 0 rings (SSSR count). The topological polar surface area (TPSA) is 67.2 Å². The van der Waals surface area contributed by atoms with Crippen LogP contribution in [-0.4, -0.2) is 18.4 Å². The maximum Gasteiger partial charge on any atom is 0.331 e. The number of nitriles is 1. The number of rotatable bonds is 4. The molecule has 1 atom stereocenters. The first-order valence-corrected chi connectivity index (χ1v) is 3.80. The van der Waals surface area contributed by atoms with Crippen molar-refractivity contribution in [1.29, 1.82) is 5.26 Å². The second-order valence-electron chi connectivity index (χ2n) is 2.46. The van der Waals surface area contributed by atoms with Crippen LogP contribution in [0.5, 0.6) is 0 Å². The third-order valence-corrected chi connectivity index (χ3v) is 1.33. The Morgan fingerprint density at radius 3 is 2.46 bits per heavy atom. The molecule has 0 aliphatic rings. The number of carbonyl (C=O) groups is 2. The van der Waals surface area contributed by atoms with Crippen molar-refractivity contribution in [1.82, 2.24) is 0 Å². The quantitative estimate of drug-likeness (QED) is 0.366. The van der Waals surface area contributed by atoms with Gasteiger partial charge in [-0.2, -0.15) is 5.26 Å². The summed E-state index contributed by atoms with van der Waals surface area (Å²) >= 11 is 0. The lowest BCUT2D eigenvalue weighted by Gasteiger charge is -2.06. The molecule has 0 heterocycles. The van der Waals surface area contributed by atoms with E-state index in [2.05, 4.69) is 11.3 Å². The van der Waals surface area contributed by atoms with Crippen molar-refractivity contribution >= 4 is 11.8 Å². The Labute approximate surface area is 76.8 Å². The molecule has 4 nitrogen and oxygen atoms in total. The van der Waals surface area contributed by atoms with E-state index in [9.17, 15) is 9.59 Å². The first-order valence-electron chi connectivity index (χ1n) is 3.80. The van der Waals surface area contributed by atoms with Crippen LogP contribution in [0.2, 0.25) is 0 Å². The number of esters is 1. The van der Waals surface area contributed by atoms with E-state index in [0.717, 1.165) is 0 Å². The monoisotopic (exact) mass is 181 g/mol. The van der Waals surface area contributed by atoms with Crippen molar-refractivity contribution in [3.8, 4) is 6.07 Å². The van der Waals surface area contributed by atoms with E-state index in [1.165, 1.54) is 6.92 Å². The van der Waals surface area contributed by atoms with Crippen LogP contribution >= 0.6 is 0 Å². The average molecular weight is 181 g/mol. The van der Waals surface area contributed by atoms with Crippen LogP contribution in [0.4, 0.5) is 0 Å². The molecule has 0 aromatic rings. The number of hydrogen-bond donors (Lipinski definition) is 0. The molecule has 0 fully saturated rings. The van der Waals surface area contributed by atoms with Gasteiger partial charge in [0.05, 0.1) is 12.7 Å². The summed E-state index contributed by atoms with van der Waals surface area (Å²) < 4.78 is 4.54. The predicted octanol–water partition coefficient (Wildman–Crippen LogP) is 0.834. The van der Waals surface area contributed by atoms with E-state index >= 15 is 0 Å². The molecule has 0 aliphatic heterocycles. The summed E-state index contributed by atoms with van der Waals surface area (Å²) in [5.74, 6) is -2.75. The Morgan fingerprint density at radius 2 is 2.15 bits per heavy atom. The van der Waals surface area contributed by atoms with Gasteiger partial charge in [-0.05, 0) is 19.4 Å². The molecule has 0 aromatic heterocycles. The fourth-order valence-electron chi connectivity index (χ4n) is 0.690. The molecular formula is C9H11NO3. The molecule has 0 aliphatic carbocycles. The smallest absolute Gasteiger partial charge is 0.331 e. The Bertz CT molecular complexity index is 275. The number of allylic oxidation sites excluding steroid dienone is 1. The highest BCUT2D eigenvalue weighted by Crippen LogP contribution is 2.06. The van der Waals surface area contributed by atoms with E-state index < -0.39 is 17.7 Å². The molecule has 0 saturated heterocycles. The van der Waals surface area contributed by atoms with E-state index in [4.69, 9.17) is 5.26 Å². The first-order chi connectivity index (χ1) is 6.04. The minimum Gasteiger partial charge on any atom is -0.465 e. The van der Waals surface area contributed by atoms with Crippen molar-refractivity contribution in [2.45, 2.75) is 13.8 Å². The maximum absolute atomic E-state index is 11.2. The van der Waals surface area contributed by atoms with Crippen LogP contribution in [0, 0.1) is 17.2 Å². The van der Waals surface area contributed by atoms with E-state index in [0.29, 0.717) is 0 Å². The second kappa shape index (κ2) is 5.09. The molecule has 0 N–H and O–H groups in total. The molecule has 4 heteroatoms. The molecular weight excluding hydrogens is 170 g/mol. The predicted molar refractivity (Wildman–Crippen MR) is 45.6 cm³/mol. The number of Topliss-reactive ketones (excluding diaryl/α,β-unsaturated/α-hetero) is 1. The summed E-state index contributed by atoms with van der Waals surface area (Å²) in [4.78, 5) is 22.2. The van der Waals surface area contributed by atoms with E-state index in [1.807, 2.05) is 0 Å². The van der Waals surface area contributed by atoms with Gasteiger partial charge >= 0.3 is 5.97 Å². The zero-order chi connectivity index (χ0) is 10.4. The van der Waals surface area contributed by atoms with E-state index in [-0.39, 0.29) is 12.2 Å². The van der Waals surface area contributed by atoms with Gasteiger partial charge in [0.25, 0.3) is 0 Å². The highest BCUT2D eigenvalue weighted by Gasteiger charge is 2.27. The molecule has 0 saturated carbocycles. The highest BCUT2D eigenvalue weighted by atomic mass is 16.5. The minimum atomic E-state index is -1.36. The van der Waals surface area contributed by atoms with Crippen LogP contribution in [0.25, 0.3) is 0 Å². The summed E-state index contributed by atoms with van der Waals surface area (Å²) in [5, 5.41) is 8.53. The second-order valence-corrected chi connectivity index (χ2v) is 2.46. The van der Waals surface area contributed by atoms with Crippen molar-refractivity contribution in [2.75, 3.05) is 6.61 Å². The molecule has 13 heavy (non-hydrogen) atoms. The maximum atomic E-state index is 11.2. The van der Waals surface area contributed by atoms with Gasteiger partial charge in [-0.25, -0.2) is 0 Å². The fraction of sp³-hybridized carbons (Fsp3) is 0.444. The lowest BCUT2D eigenvalue weighted by molar-refractivity contribution is -0.148. The van der Waals surface area contributed by atoms with Crippen molar-refractivity contribution in [3.63, 3.8) is 0 Å². The number of ketones is 1. The third-order valence-electron chi connectivity index (χ3n) is 1.33. The van der Waals surface area contributed by atoms with Crippen LogP contribution < -0.4 is 0 Å². The van der Waals surface area contributed by atoms with Gasteiger partial charge in [-0.15, -0.1) is 0 Å². The van der Waals surface area contributed by atoms with Crippen LogP contribution in [0.1, 0.15) is 13.8 Å². The minimum absolute atomic E-state index is 0.153. The number of ether oxygens (including phenoxy) is 1. The van der Waals surface area contributed by atoms with Gasteiger partial charge < -0.3 is 4.74 Å². The Morgan fingerprint density at radius 1 is 1.62 bits per heavy atom. The van der Waals surface area contributed by atoms with Gasteiger partial charge in [-0.1, -0.05) is 6.58 Å². The normalized spacial score (nSPS) is 11.2. The van der Waals surface area contributed by atoms with Gasteiger partial charge in [0, 0.05) is 0 Å². The number of carbonyl (C=O) groups excluding carboxylic acids is 2. The van der Waals surface area contributed by atoms with Gasteiger partial charge in [-0.3, -0.25) is 9.59 Å². The van der Waals surface area contributed by atoms with Crippen LogP contribution in [0.3, 0.4) is 0 Å². The average Bonchev–Trinajstić information content (AvgIpc) is 2.05. The Kier molecular flexibility index (Phi) is 4.45. The molecule has 0 bridgehead atoms. The molecule has 0 amide bonds.